The fraction of sp³-hybridized carbons (Fsp3) is 0.396. The van der Waals surface area contributed by atoms with Gasteiger partial charge in [-0.2, -0.15) is 0 Å². The first-order chi connectivity index (χ1) is 28.8. The Morgan fingerprint density at radius 3 is 1.83 bits per heavy atom. The maximum atomic E-state index is 13.8. The van der Waals surface area contributed by atoms with E-state index in [0.29, 0.717) is 68.0 Å². The second-order valence-electron chi connectivity index (χ2n) is 16.6. The first-order valence-corrected chi connectivity index (χ1v) is 21.4. The lowest BCUT2D eigenvalue weighted by Gasteiger charge is -2.33. The third-order valence-corrected chi connectivity index (χ3v) is 12.9. The minimum Gasteiger partial charge on any atom is -0.504 e. The quantitative estimate of drug-likeness (QED) is 0.143. The summed E-state index contributed by atoms with van der Waals surface area (Å²) in [6.45, 7) is 3.75. The monoisotopic (exact) mass is 794 g/mol. The largest absolute Gasteiger partial charge is 0.557 e. The summed E-state index contributed by atoms with van der Waals surface area (Å²) in [6.07, 6.45) is 9.12. The summed E-state index contributed by atoms with van der Waals surface area (Å²) in [5.41, 5.74) is 17.3. The third-order valence-electron chi connectivity index (χ3n) is 12.9. The van der Waals surface area contributed by atoms with Crippen molar-refractivity contribution in [2.75, 3.05) is 32.8 Å². The van der Waals surface area contributed by atoms with Gasteiger partial charge in [-0.15, -0.1) is 0 Å². The fourth-order valence-corrected chi connectivity index (χ4v) is 9.45. The Morgan fingerprint density at radius 2 is 1.25 bits per heavy atom. The highest BCUT2D eigenvalue weighted by molar-refractivity contribution is 6.56. The van der Waals surface area contributed by atoms with Gasteiger partial charge in [0.15, 0.2) is 5.60 Å². The zero-order valence-corrected chi connectivity index (χ0v) is 33.8. The van der Waals surface area contributed by atoms with Crippen LogP contribution in [0.15, 0.2) is 103 Å². The molecule has 10 nitrogen and oxygen atoms in total. The van der Waals surface area contributed by atoms with Gasteiger partial charge in [-0.3, -0.25) is 14.4 Å². The molecule has 3 heterocycles. The Hall–Kier alpha value is -5.23. The summed E-state index contributed by atoms with van der Waals surface area (Å²) < 4.78 is 18.7. The van der Waals surface area contributed by atoms with Gasteiger partial charge in [-0.05, 0) is 114 Å². The Morgan fingerprint density at radius 1 is 0.712 bits per heavy atom. The first kappa shape index (κ1) is 40.5. The number of rotatable bonds is 12. The van der Waals surface area contributed by atoms with E-state index in [9.17, 15) is 14.4 Å². The van der Waals surface area contributed by atoms with Crippen molar-refractivity contribution in [1.82, 2.24) is 9.80 Å². The molecule has 1 saturated carbocycles. The van der Waals surface area contributed by atoms with Crippen LogP contribution in [0.5, 0.6) is 5.75 Å². The van der Waals surface area contributed by atoms with E-state index in [2.05, 4.69) is 42.5 Å². The van der Waals surface area contributed by atoms with E-state index >= 15 is 0 Å². The smallest absolute Gasteiger partial charge is 0.504 e. The molecule has 1 aliphatic carbocycles. The van der Waals surface area contributed by atoms with Crippen molar-refractivity contribution >= 4 is 31.0 Å². The molecule has 4 aromatic carbocycles. The topological polar surface area (TPSA) is 137 Å². The molecule has 59 heavy (non-hydrogen) atoms. The predicted octanol–water partition coefficient (Wildman–Crippen LogP) is 7.27. The van der Waals surface area contributed by atoms with Crippen LogP contribution in [-0.4, -0.2) is 73.1 Å². The molecule has 2 amide bonds. The number of ether oxygens (including phenoxy) is 1. The highest BCUT2D eigenvalue weighted by Crippen LogP contribution is 2.42. The zero-order valence-electron chi connectivity index (χ0n) is 33.8. The maximum Gasteiger partial charge on any atom is 0.557 e. The van der Waals surface area contributed by atoms with Crippen LogP contribution in [0.2, 0.25) is 0 Å². The highest BCUT2D eigenvalue weighted by Gasteiger charge is 2.57. The lowest BCUT2D eigenvalue weighted by atomic mass is 9.84. The maximum absolute atomic E-state index is 13.8. The van der Waals surface area contributed by atoms with Gasteiger partial charge in [0.25, 0.3) is 11.8 Å². The number of likely N-dealkylation sites (tertiary alicyclic amines) is 2. The van der Waals surface area contributed by atoms with Crippen molar-refractivity contribution in [3.8, 4) is 5.75 Å². The fourth-order valence-electron chi connectivity index (χ4n) is 9.45. The summed E-state index contributed by atoms with van der Waals surface area (Å²) in [5, 5.41) is 0. The van der Waals surface area contributed by atoms with Crippen molar-refractivity contribution in [2.24, 2.45) is 17.4 Å². The average molecular weight is 795 g/mol. The normalized spacial score (nSPS) is 20.7. The van der Waals surface area contributed by atoms with Crippen molar-refractivity contribution < 1.29 is 28.4 Å². The number of benzene rings is 4. The summed E-state index contributed by atoms with van der Waals surface area (Å²) in [5.74, 6) is 2.53. The average Bonchev–Trinajstić information content (AvgIpc) is 3.96. The van der Waals surface area contributed by atoms with Crippen LogP contribution in [-0.2, 0) is 27.2 Å². The zero-order chi connectivity index (χ0) is 40.8. The van der Waals surface area contributed by atoms with Gasteiger partial charge >= 0.3 is 13.1 Å². The summed E-state index contributed by atoms with van der Waals surface area (Å²) in [7, 11) is -0.906. The van der Waals surface area contributed by atoms with Gasteiger partial charge in [0, 0.05) is 56.3 Å². The molecule has 4 N–H and O–H groups in total. The Labute approximate surface area is 348 Å². The molecule has 0 bridgehead atoms. The Balaban J connectivity index is 0.879. The molecule has 0 unspecified atom stereocenters. The molecule has 11 heteroatoms. The SMILES string of the molecule is NCc1cccc(C2CCN(C(=O)c3cccc(/C=C/B4OC(=O)[C@@](COc5cccc(C(=O)N6CCC(c7cccc(CN)c7)CC6)c5)(C5CCCC5)O4)c3)CC2)c1. The second kappa shape index (κ2) is 18.4. The summed E-state index contributed by atoms with van der Waals surface area (Å²) >= 11 is 0. The van der Waals surface area contributed by atoms with E-state index in [0.717, 1.165) is 68.1 Å². The molecule has 1 atom stereocenters. The predicted molar refractivity (Wildman–Crippen MR) is 229 cm³/mol. The molecular formula is C48H55BN4O6. The van der Waals surface area contributed by atoms with Crippen molar-refractivity contribution in [1.29, 1.82) is 0 Å². The number of carbonyl (C=O) groups is 3. The van der Waals surface area contributed by atoms with Crippen LogP contribution in [0.1, 0.15) is 112 Å². The van der Waals surface area contributed by atoms with Crippen LogP contribution in [0.25, 0.3) is 6.08 Å². The van der Waals surface area contributed by atoms with E-state index in [4.69, 9.17) is 25.5 Å². The van der Waals surface area contributed by atoms with Gasteiger partial charge in [-0.25, -0.2) is 0 Å². The number of hydrogen-bond donors (Lipinski definition) is 2. The van der Waals surface area contributed by atoms with E-state index in [1.165, 1.54) is 11.1 Å². The lowest BCUT2D eigenvalue weighted by Crippen LogP contribution is -2.49. The molecule has 8 rings (SSSR count). The third kappa shape index (κ3) is 9.18. The molecule has 4 aromatic rings. The second-order valence-corrected chi connectivity index (χ2v) is 16.6. The molecule has 4 fully saturated rings. The van der Waals surface area contributed by atoms with Gasteiger partial charge in [0.05, 0.1) is 0 Å². The summed E-state index contributed by atoms with van der Waals surface area (Å²) in [6, 6.07) is 31.6. The van der Waals surface area contributed by atoms with Crippen LogP contribution < -0.4 is 16.2 Å². The lowest BCUT2D eigenvalue weighted by molar-refractivity contribution is -0.150. The van der Waals surface area contributed by atoms with Crippen LogP contribution in [0, 0.1) is 5.92 Å². The van der Waals surface area contributed by atoms with E-state index in [1.807, 2.05) is 64.4 Å². The molecule has 306 valence electrons. The number of hydrogen-bond acceptors (Lipinski definition) is 8. The van der Waals surface area contributed by atoms with Gasteiger partial charge in [0.1, 0.15) is 12.4 Å². The minimum absolute atomic E-state index is 0.00968. The molecule has 4 aliphatic rings. The molecular weight excluding hydrogens is 739 g/mol. The van der Waals surface area contributed by atoms with Crippen molar-refractivity contribution in [3.63, 3.8) is 0 Å². The van der Waals surface area contributed by atoms with Crippen LogP contribution in [0.3, 0.4) is 0 Å². The van der Waals surface area contributed by atoms with E-state index in [1.54, 1.807) is 12.0 Å². The molecule has 3 aliphatic heterocycles. The van der Waals surface area contributed by atoms with Gasteiger partial charge < -0.3 is 35.3 Å². The number of piperidine rings is 2. The highest BCUT2D eigenvalue weighted by atomic mass is 16.7. The van der Waals surface area contributed by atoms with Gasteiger partial charge in [-0.1, -0.05) is 85.6 Å². The molecule has 0 aromatic heterocycles. The van der Waals surface area contributed by atoms with Gasteiger partial charge in [0.2, 0.25) is 0 Å². The number of carbonyl (C=O) groups excluding carboxylic acids is 3. The number of nitrogens with zero attached hydrogens (tertiary/aromatic N) is 2. The summed E-state index contributed by atoms with van der Waals surface area (Å²) in [4.78, 5) is 44.8. The van der Waals surface area contributed by atoms with Crippen LogP contribution >= 0.6 is 0 Å². The molecule has 0 radical (unpaired) electrons. The Bertz CT molecular complexity index is 2160. The van der Waals surface area contributed by atoms with E-state index < -0.39 is 18.7 Å². The number of nitrogens with two attached hydrogens (primary N) is 2. The Kier molecular flexibility index (Phi) is 12.6. The minimum atomic E-state index is -1.27. The molecule has 0 spiro atoms. The van der Waals surface area contributed by atoms with Crippen LogP contribution in [0.4, 0.5) is 0 Å². The number of amides is 2. The van der Waals surface area contributed by atoms with Crippen molar-refractivity contribution in [2.45, 2.75) is 81.9 Å². The van der Waals surface area contributed by atoms with Crippen molar-refractivity contribution in [3.05, 3.63) is 142 Å². The molecule has 3 saturated heterocycles. The standard InChI is InChI=1S/C48H55BN4O6/c50-31-35-8-4-10-39(28-35)37-18-23-52(24-19-37)45(54)41-12-3-7-34(27-41)17-22-49-58-47(56)48(59-49,43-14-1-2-15-43)33-57-44-16-6-13-42(30-44)46(55)53-25-20-38(21-26-53)40-11-5-9-36(29-40)32-51/h3-13,16-17,22,27-30,37-38,43H,1-2,14-15,18-21,23-26,31-33,50-51H2/b22-17+/t48-/m1/s1. The van der Waals surface area contributed by atoms with E-state index in [-0.39, 0.29) is 24.3 Å². The first-order valence-electron chi connectivity index (χ1n) is 21.4.